The molecule has 0 saturated heterocycles. The molecule has 2 amide bonds. The molecule has 0 spiro atoms. The van der Waals surface area contributed by atoms with Gasteiger partial charge in [0.1, 0.15) is 5.75 Å². The van der Waals surface area contributed by atoms with E-state index in [4.69, 9.17) is 0 Å². The number of rotatable bonds is 3. The second-order valence-corrected chi connectivity index (χ2v) is 4.27. The maximum Gasteiger partial charge on any atom is 0.325 e. The molecule has 6 nitrogen and oxygen atoms in total. The molecule has 1 aromatic heterocycles. The highest BCUT2D eigenvalue weighted by molar-refractivity contribution is 7.89. The van der Waals surface area contributed by atoms with Gasteiger partial charge in [0.25, 0.3) is 0 Å². The van der Waals surface area contributed by atoms with Gasteiger partial charge < -0.3 is 5.73 Å². The molecule has 7 heteroatoms. The van der Waals surface area contributed by atoms with Crippen molar-refractivity contribution in [1.29, 1.82) is 0 Å². The van der Waals surface area contributed by atoms with E-state index < -0.39 is 16.1 Å². The average molecular weight is 215 g/mol. The van der Waals surface area contributed by atoms with Crippen molar-refractivity contribution in [3.05, 3.63) is 30.1 Å². The number of nitrogens with one attached hydrogen (secondary N) is 1. The largest absolute Gasteiger partial charge is 0.351 e. The molecule has 1 aromatic rings. The molecule has 0 fully saturated rings. The molecule has 3 N–H and O–H groups in total. The van der Waals surface area contributed by atoms with Gasteiger partial charge in [-0.05, 0) is 12.1 Å². The Bertz CT molecular complexity index is 415. The topological polar surface area (TPSA) is 102 Å². The molecule has 14 heavy (non-hydrogen) atoms. The maximum atomic E-state index is 11.2. The summed E-state index contributed by atoms with van der Waals surface area (Å²) in [4.78, 5) is 14.1. The van der Waals surface area contributed by atoms with Gasteiger partial charge in [-0.2, -0.15) is 0 Å². The smallest absolute Gasteiger partial charge is 0.325 e. The zero-order valence-corrected chi connectivity index (χ0v) is 7.99. The van der Waals surface area contributed by atoms with Crippen LogP contribution in [0, 0.1) is 0 Å². The molecule has 0 aromatic carbocycles. The van der Waals surface area contributed by atoms with E-state index in [9.17, 15) is 13.2 Å². The van der Waals surface area contributed by atoms with Crippen LogP contribution in [0.5, 0.6) is 0 Å². The van der Waals surface area contributed by atoms with E-state index in [0.29, 0.717) is 5.69 Å². The highest BCUT2D eigenvalue weighted by Gasteiger charge is 2.13. The number of carbonyl (C=O) groups excluding carboxylic acids is 1. The first-order valence-corrected chi connectivity index (χ1v) is 5.35. The van der Waals surface area contributed by atoms with Crippen LogP contribution in [-0.2, 0) is 15.8 Å². The first-order valence-electron chi connectivity index (χ1n) is 3.69. The summed E-state index contributed by atoms with van der Waals surface area (Å²) in [6.45, 7) is 0. The van der Waals surface area contributed by atoms with E-state index in [2.05, 4.69) is 10.7 Å². The summed E-state index contributed by atoms with van der Waals surface area (Å²) in [5, 5.41) is 0. The lowest BCUT2D eigenvalue weighted by Crippen LogP contribution is -2.35. The van der Waals surface area contributed by atoms with Crippen molar-refractivity contribution < 1.29 is 13.2 Å². The quantitative estimate of drug-likeness (QED) is 0.714. The summed E-state index contributed by atoms with van der Waals surface area (Å²) in [7, 11) is -3.72. The molecule has 0 aliphatic carbocycles. The highest BCUT2D eigenvalue weighted by Crippen LogP contribution is 1.99. The third-order valence-corrected chi connectivity index (χ3v) is 2.51. The van der Waals surface area contributed by atoms with Gasteiger partial charge in [-0.3, -0.25) is 4.98 Å². The van der Waals surface area contributed by atoms with Crippen LogP contribution in [-0.4, -0.2) is 19.4 Å². The predicted molar refractivity (Wildman–Crippen MR) is 49.6 cm³/mol. The zero-order valence-electron chi connectivity index (χ0n) is 7.17. The van der Waals surface area contributed by atoms with Crippen molar-refractivity contribution in [2.45, 2.75) is 5.75 Å². The third-order valence-electron chi connectivity index (χ3n) is 1.32. The zero-order chi connectivity index (χ0) is 10.6. The van der Waals surface area contributed by atoms with Crippen molar-refractivity contribution in [2.24, 2.45) is 5.73 Å². The fourth-order valence-corrected chi connectivity index (χ4v) is 1.81. The lowest BCUT2D eigenvalue weighted by Gasteiger charge is -2.02. The molecular weight excluding hydrogens is 206 g/mol. The summed E-state index contributed by atoms with van der Waals surface area (Å²) >= 11 is 0. The lowest BCUT2D eigenvalue weighted by molar-refractivity contribution is 0.253. The van der Waals surface area contributed by atoms with Gasteiger partial charge >= 0.3 is 6.03 Å². The Balaban J connectivity index is 2.74. The number of nitrogens with two attached hydrogens (primary N) is 1. The molecule has 0 atom stereocenters. The number of primary amides is 1. The lowest BCUT2D eigenvalue weighted by atomic mass is 10.4. The molecule has 0 aliphatic rings. The summed E-state index contributed by atoms with van der Waals surface area (Å²) < 4.78 is 24.0. The van der Waals surface area contributed by atoms with E-state index in [1.165, 1.54) is 6.20 Å². The van der Waals surface area contributed by atoms with Crippen molar-refractivity contribution in [1.82, 2.24) is 9.71 Å². The predicted octanol–water partition coefficient (Wildman–Crippen LogP) is -0.420. The second-order valence-electron chi connectivity index (χ2n) is 2.55. The van der Waals surface area contributed by atoms with Crippen LogP contribution in [0.1, 0.15) is 5.69 Å². The normalized spacial score (nSPS) is 10.9. The van der Waals surface area contributed by atoms with Crippen LogP contribution in [0.2, 0.25) is 0 Å². The molecule has 1 heterocycles. The van der Waals surface area contributed by atoms with Gasteiger partial charge in [0.05, 0.1) is 5.69 Å². The fourth-order valence-electron chi connectivity index (χ4n) is 0.868. The molecule has 0 radical (unpaired) electrons. The number of aromatic nitrogens is 1. The Morgan fingerprint density at radius 1 is 1.50 bits per heavy atom. The van der Waals surface area contributed by atoms with Crippen LogP contribution >= 0.6 is 0 Å². The van der Waals surface area contributed by atoms with E-state index in [-0.39, 0.29) is 5.75 Å². The fraction of sp³-hybridized carbons (Fsp3) is 0.143. The van der Waals surface area contributed by atoms with E-state index >= 15 is 0 Å². The highest BCUT2D eigenvalue weighted by atomic mass is 32.2. The van der Waals surface area contributed by atoms with Crippen molar-refractivity contribution in [3.8, 4) is 0 Å². The van der Waals surface area contributed by atoms with Crippen molar-refractivity contribution >= 4 is 16.1 Å². The van der Waals surface area contributed by atoms with Crippen LogP contribution < -0.4 is 10.5 Å². The minimum Gasteiger partial charge on any atom is -0.351 e. The number of amides is 2. The summed E-state index contributed by atoms with van der Waals surface area (Å²) in [5.74, 6) is -0.364. The number of pyridine rings is 1. The Kier molecular flexibility index (Phi) is 3.03. The van der Waals surface area contributed by atoms with Gasteiger partial charge in [-0.1, -0.05) is 6.07 Å². The molecule has 0 aliphatic heterocycles. The maximum absolute atomic E-state index is 11.2. The van der Waals surface area contributed by atoms with Gasteiger partial charge in [0, 0.05) is 6.20 Å². The number of nitrogens with zero attached hydrogens (tertiary/aromatic N) is 1. The SMILES string of the molecule is NC(=O)NS(=O)(=O)Cc1ccccn1. The Hall–Kier alpha value is -1.63. The van der Waals surface area contributed by atoms with Crippen LogP contribution in [0.3, 0.4) is 0 Å². The summed E-state index contributed by atoms with van der Waals surface area (Å²) in [5.41, 5.74) is 5.03. The Morgan fingerprint density at radius 3 is 2.71 bits per heavy atom. The van der Waals surface area contributed by atoms with E-state index in [1.807, 2.05) is 0 Å². The number of hydrogen-bond donors (Lipinski definition) is 2. The van der Waals surface area contributed by atoms with Gasteiger partial charge in [-0.25, -0.2) is 17.9 Å². The molecule has 0 saturated carbocycles. The Labute approximate surface area is 81.2 Å². The van der Waals surface area contributed by atoms with Crippen LogP contribution in [0.4, 0.5) is 4.79 Å². The summed E-state index contributed by atoms with van der Waals surface area (Å²) in [6, 6.07) is 3.76. The molecule has 0 bridgehead atoms. The number of hydrogen-bond acceptors (Lipinski definition) is 4. The Morgan fingerprint density at radius 2 is 2.21 bits per heavy atom. The monoisotopic (exact) mass is 215 g/mol. The van der Waals surface area contributed by atoms with Gasteiger partial charge in [0.2, 0.25) is 10.0 Å². The average Bonchev–Trinajstić information content (AvgIpc) is 2.02. The minimum atomic E-state index is -3.72. The molecular formula is C7H9N3O3S. The third kappa shape index (κ3) is 3.40. The first-order chi connectivity index (χ1) is 6.49. The van der Waals surface area contributed by atoms with Crippen molar-refractivity contribution in [2.75, 3.05) is 0 Å². The standard InChI is InChI=1S/C7H9N3O3S/c8-7(11)10-14(12,13)5-6-3-1-2-4-9-6/h1-4H,5H2,(H3,8,10,11). The van der Waals surface area contributed by atoms with Crippen LogP contribution in [0.15, 0.2) is 24.4 Å². The molecule has 1 rings (SSSR count). The number of urea groups is 1. The molecule has 76 valence electrons. The van der Waals surface area contributed by atoms with Crippen molar-refractivity contribution in [3.63, 3.8) is 0 Å². The summed E-state index contributed by atoms with van der Waals surface area (Å²) in [6.07, 6.45) is 1.47. The number of sulfonamides is 1. The molecule has 0 unspecified atom stereocenters. The first kappa shape index (κ1) is 10.5. The van der Waals surface area contributed by atoms with E-state index in [0.717, 1.165) is 0 Å². The number of carbonyl (C=O) groups is 1. The minimum absolute atomic E-state index is 0.348. The van der Waals surface area contributed by atoms with E-state index in [1.54, 1.807) is 22.9 Å². The van der Waals surface area contributed by atoms with Gasteiger partial charge in [0.15, 0.2) is 0 Å². The second kappa shape index (κ2) is 4.05. The van der Waals surface area contributed by atoms with Gasteiger partial charge in [-0.15, -0.1) is 0 Å². The van der Waals surface area contributed by atoms with Crippen LogP contribution in [0.25, 0.3) is 0 Å².